The number of rotatable bonds is 7. The number of phenols is 2. The Morgan fingerprint density at radius 3 is 1.20 bits per heavy atom. The van der Waals surface area contributed by atoms with E-state index in [9.17, 15) is 10.2 Å². The van der Waals surface area contributed by atoms with Crippen LogP contribution in [0.2, 0.25) is 0 Å². The third kappa shape index (κ3) is 7.06. The van der Waals surface area contributed by atoms with Crippen LogP contribution in [0.15, 0.2) is 107 Å². The summed E-state index contributed by atoms with van der Waals surface area (Å²) < 4.78 is 0. The highest BCUT2D eigenvalue weighted by Crippen LogP contribution is 2.37. The molecule has 0 fully saturated rings. The first-order valence-electron chi connectivity index (χ1n) is 13.8. The quantitative estimate of drug-likeness (QED) is 0.234. The molecule has 0 aromatic heterocycles. The van der Waals surface area contributed by atoms with Gasteiger partial charge >= 0.3 is 0 Å². The highest BCUT2D eigenvalue weighted by Gasteiger charge is 2.24. The van der Waals surface area contributed by atoms with Gasteiger partial charge in [-0.2, -0.15) is 0 Å². The summed E-state index contributed by atoms with van der Waals surface area (Å²) in [4.78, 5) is 10.1. The summed E-state index contributed by atoms with van der Waals surface area (Å²) >= 11 is 0. The van der Waals surface area contributed by atoms with E-state index < -0.39 is 0 Å². The molecular weight excluding hydrogens is 492 g/mol. The number of aliphatic imine (C=N–C) groups is 2. The van der Waals surface area contributed by atoms with Crippen LogP contribution in [-0.2, 0) is 10.8 Å². The molecule has 0 amide bonds. The van der Waals surface area contributed by atoms with Crippen LogP contribution in [0, 0.1) is 0 Å². The molecule has 206 valence electrons. The topological polar surface area (TPSA) is 65.2 Å². The lowest BCUT2D eigenvalue weighted by atomic mass is 9.86. The number of benzene rings is 4. The molecule has 4 aromatic rings. The fourth-order valence-electron chi connectivity index (χ4n) is 4.57. The molecule has 4 nitrogen and oxygen atoms in total. The molecule has 40 heavy (non-hydrogen) atoms. The van der Waals surface area contributed by atoms with Gasteiger partial charge in [0.25, 0.3) is 0 Å². The minimum absolute atomic E-state index is 0.0599. The monoisotopic (exact) mass is 532 g/mol. The van der Waals surface area contributed by atoms with Crippen LogP contribution in [0.3, 0.4) is 0 Å². The van der Waals surface area contributed by atoms with Gasteiger partial charge in [-0.3, -0.25) is 9.98 Å². The first-order chi connectivity index (χ1) is 18.9. The second-order valence-corrected chi connectivity index (χ2v) is 12.3. The van der Waals surface area contributed by atoms with Crippen LogP contribution in [0.5, 0.6) is 11.5 Å². The lowest BCUT2D eigenvalue weighted by molar-refractivity contribution is 0.472. The van der Waals surface area contributed by atoms with E-state index in [1.165, 1.54) is 0 Å². The van der Waals surface area contributed by atoms with Gasteiger partial charge in [-0.1, -0.05) is 114 Å². The number of phenolic OH excluding ortho intramolecular Hbond substituents is 2. The van der Waals surface area contributed by atoms with Crippen molar-refractivity contribution in [3.05, 3.63) is 130 Å². The maximum absolute atomic E-state index is 10.7. The van der Waals surface area contributed by atoms with E-state index in [0.717, 1.165) is 22.3 Å². The van der Waals surface area contributed by atoms with Crippen molar-refractivity contribution < 1.29 is 10.2 Å². The third-order valence-corrected chi connectivity index (χ3v) is 7.12. The van der Waals surface area contributed by atoms with Crippen molar-refractivity contribution in [2.24, 2.45) is 9.98 Å². The predicted molar refractivity (Wildman–Crippen MR) is 167 cm³/mol. The second kappa shape index (κ2) is 11.9. The van der Waals surface area contributed by atoms with Crippen LogP contribution >= 0.6 is 0 Å². The molecule has 0 saturated heterocycles. The van der Waals surface area contributed by atoms with Crippen molar-refractivity contribution in [1.29, 1.82) is 0 Å². The fraction of sp³-hybridized carbons (Fsp3) is 0.278. The van der Waals surface area contributed by atoms with Gasteiger partial charge in [-0.25, -0.2) is 0 Å². The summed E-state index contributed by atoms with van der Waals surface area (Å²) in [5, 5.41) is 21.3. The standard InChI is InChI=1S/C36H40N2O2/c1-35(2,3)29-17-19-31(39)27(21-29)23-37-33(25-13-9-7-10-14-25)34(26-15-11-8-12-16-26)38-24-28-22-30(36(4,5)6)18-20-32(28)40/h7-24,33-34,39-40H,1-6H3/t33-,34-/m1/s1. The number of hydrogen-bond acceptors (Lipinski definition) is 4. The van der Waals surface area contributed by atoms with Crippen molar-refractivity contribution in [2.75, 3.05) is 0 Å². The minimum atomic E-state index is -0.370. The molecule has 0 aliphatic rings. The number of aromatic hydroxyl groups is 2. The van der Waals surface area contributed by atoms with Gasteiger partial charge in [0.15, 0.2) is 0 Å². The van der Waals surface area contributed by atoms with E-state index >= 15 is 0 Å². The van der Waals surface area contributed by atoms with Gasteiger partial charge in [-0.05, 0) is 57.3 Å². The van der Waals surface area contributed by atoms with Crippen molar-refractivity contribution in [2.45, 2.75) is 64.5 Å². The fourth-order valence-corrected chi connectivity index (χ4v) is 4.57. The molecule has 0 unspecified atom stereocenters. The van der Waals surface area contributed by atoms with Crippen LogP contribution in [-0.4, -0.2) is 22.6 Å². The first kappa shape index (κ1) is 28.8. The normalized spacial score (nSPS) is 14.1. The number of nitrogens with zero attached hydrogens (tertiary/aromatic N) is 2. The van der Waals surface area contributed by atoms with E-state index in [2.05, 4.69) is 65.8 Å². The summed E-state index contributed by atoms with van der Waals surface area (Å²) in [6.45, 7) is 12.9. The van der Waals surface area contributed by atoms with Crippen LogP contribution in [0.25, 0.3) is 0 Å². The summed E-state index contributed by atoms with van der Waals surface area (Å²) in [6, 6.07) is 30.8. The van der Waals surface area contributed by atoms with Crippen molar-refractivity contribution in [3.8, 4) is 11.5 Å². The molecule has 4 aromatic carbocycles. The van der Waals surface area contributed by atoms with E-state index in [1.54, 1.807) is 24.6 Å². The molecule has 4 heteroatoms. The number of hydrogen-bond donors (Lipinski definition) is 2. The first-order valence-corrected chi connectivity index (χ1v) is 13.8. The molecule has 0 saturated carbocycles. The van der Waals surface area contributed by atoms with E-state index in [-0.39, 0.29) is 34.4 Å². The Bertz CT molecular complexity index is 1360. The summed E-state index contributed by atoms with van der Waals surface area (Å²) in [7, 11) is 0. The zero-order valence-electron chi connectivity index (χ0n) is 24.3. The molecule has 0 aliphatic carbocycles. The Morgan fingerprint density at radius 1 is 0.525 bits per heavy atom. The van der Waals surface area contributed by atoms with Crippen LogP contribution in [0.1, 0.15) is 87.0 Å². The van der Waals surface area contributed by atoms with Crippen LogP contribution < -0.4 is 0 Å². The second-order valence-electron chi connectivity index (χ2n) is 12.3. The zero-order chi connectivity index (χ0) is 28.9. The van der Waals surface area contributed by atoms with E-state index in [0.29, 0.717) is 11.1 Å². The molecule has 4 rings (SSSR count). The average Bonchev–Trinajstić information content (AvgIpc) is 2.92. The maximum Gasteiger partial charge on any atom is 0.124 e. The molecule has 0 aliphatic heterocycles. The van der Waals surface area contributed by atoms with Gasteiger partial charge < -0.3 is 10.2 Å². The zero-order valence-corrected chi connectivity index (χ0v) is 24.3. The molecule has 0 heterocycles. The maximum atomic E-state index is 10.7. The van der Waals surface area contributed by atoms with Gasteiger partial charge in [0.2, 0.25) is 0 Å². The molecule has 0 radical (unpaired) electrons. The smallest absolute Gasteiger partial charge is 0.124 e. The van der Waals surface area contributed by atoms with Crippen LogP contribution in [0.4, 0.5) is 0 Å². The van der Waals surface area contributed by atoms with Gasteiger partial charge in [0.1, 0.15) is 23.6 Å². The van der Waals surface area contributed by atoms with Gasteiger partial charge in [0, 0.05) is 23.6 Å². The van der Waals surface area contributed by atoms with Crippen molar-refractivity contribution >= 4 is 12.4 Å². The Morgan fingerprint density at radius 2 is 0.875 bits per heavy atom. The lowest BCUT2D eigenvalue weighted by Gasteiger charge is -2.23. The van der Waals surface area contributed by atoms with Crippen molar-refractivity contribution in [1.82, 2.24) is 0 Å². The van der Waals surface area contributed by atoms with E-state index in [1.807, 2.05) is 60.7 Å². The summed E-state index contributed by atoms with van der Waals surface area (Å²) in [5.41, 5.74) is 5.46. The SMILES string of the molecule is CC(C)(C)c1ccc(O)c(C=N[C@H](c2ccccc2)[C@H](N=Cc2cc(C(C)(C)C)ccc2O)c2ccccc2)c1. The van der Waals surface area contributed by atoms with Crippen molar-refractivity contribution in [3.63, 3.8) is 0 Å². The third-order valence-electron chi connectivity index (χ3n) is 7.12. The largest absolute Gasteiger partial charge is 0.507 e. The Kier molecular flexibility index (Phi) is 8.58. The Hall–Kier alpha value is -4.18. The van der Waals surface area contributed by atoms with Gasteiger partial charge in [0.05, 0.1) is 0 Å². The molecular formula is C36H40N2O2. The van der Waals surface area contributed by atoms with Gasteiger partial charge in [-0.15, -0.1) is 0 Å². The Labute approximate surface area is 238 Å². The summed E-state index contributed by atoms with van der Waals surface area (Å²) in [5.74, 6) is 0.375. The van der Waals surface area contributed by atoms with E-state index in [4.69, 9.17) is 9.98 Å². The molecule has 2 N–H and O–H groups in total. The molecule has 0 spiro atoms. The summed E-state index contributed by atoms with van der Waals surface area (Å²) in [6.07, 6.45) is 3.51. The molecule has 2 atom stereocenters. The Balaban J connectivity index is 1.83. The predicted octanol–water partition coefficient (Wildman–Crippen LogP) is 8.71. The minimum Gasteiger partial charge on any atom is -0.507 e. The lowest BCUT2D eigenvalue weighted by Crippen LogP contribution is -2.12. The average molecular weight is 533 g/mol. The highest BCUT2D eigenvalue weighted by molar-refractivity contribution is 5.85. The highest BCUT2D eigenvalue weighted by atomic mass is 16.3. The molecule has 0 bridgehead atoms.